The molecule has 23 heavy (non-hydrogen) atoms. The maximum atomic E-state index is 3.64. The Morgan fingerprint density at radius 2 is 1.61 bits per heavy atom. The summed E-state index contributed by atoms with van der Waals surface area (Å²) in [7, 11) is 0. The lowest BCUT2D eigenvalue weighted by molar-refractivity contribution is 0.612. The summed E-state index contributed by atoms with van der Waals surface area (Å²) in [6.45, 7) is 5.30. The van der Waals surface area contributed by atoms with E-state index in [1.54, 1.807) is 0 Å². The summed E-state index contributed by atoms with van der Waals surface area (Å²) in [4.78, 5) is 0. The van der Waals surface area contributed by atoms with Gasteiger partial charge in [-0.05, 0) is 35.7 Å². The number of rotatable bonds is 5. The SMILES string of the molecule is C/C(=C\c1ccccc1)CN[C@H](C)c1cccc2ccccc12. The third-order valence-corrected chi connectivity index (χ3v) is 4.19. The zero-order valence-corrected chi connectivity index (χ0v) is 13.8. The van der Waals surface area contributed by atoms with E-state index in [0.29, 0.717) is 6.04 Å². The van der Waals surface area contributed by atoms with E-state index in [1.807, 2.05) is 6.07 Å². The third-order valence-electron chi connectivity index (χ3n) is 4.19. The van der Waals surface area contributed by atoms with Crippen LogP contribution in [0.25, 0.3) is 16.8 Å². The molecule has 0 unspecified atom stereocenters. The molecular weight excluding hydrogens is 278 g/mol. The largest absolute Gasteiger partial charge is 0.306 e. The first-order valence-corrected chi connectivity index (χ1v) is 8.17. The van der Waals surface area contributed by atoms with Crippen LogP contribution in [-0.2, 0) is 0 Å². The first kappa shape index (κ1) is 15.5. The van der Waals surface area contributed by atoms with Crippen molar-refractivity contribution in [3.63, 3.8) is 0 Å². The Morgan fingerprint density at radius 3 is 2.43 bits per heavy atom. The van der Waals surface area contributed by atoms with Gasteiger partial charge in [0.2, 0.25) is 0 Å². The summed E-state index contributed by atoms with van der Waals surface area (Å²) in [6.07, 6.45) is 2.24. The van der Waals surface area contributed by atoms with Crippen molar-refractivity contribution in [2.24, 2.45) is 0 Å². The molecule has 0 amide bonds. The monoisotopic (exact) mass is 301 g/mol. The normalized spacial score (nSPS) is 13.2. The van der Waals surface area contributed by atoms with E-state index >= 15 is 0 Å². The Morgan fingerprint density at radius 1 is 0.913 bits per heavy atom. The molecule has 0 heterocycles. The number of nitrogens with one attached hydrogen (secondary N) is 1. The van der Waals surface area contributed by atoms with Gasteiger partial charge in [-0.3, -0.25) is 0 Å². The molecule has 3 aromatic carbocycles. The van der Waals surface area contributed by atoms with E-state index < -0.39 is 0 Å². The maximum Gasteiger partial charge on any atom is 0.0300 e. The average molecular weight is 301 g/mol. The molecular formula is C22H23N. The van der Waals surface area contributed by atoms with E-state index in [9.17, 15) is 0 Å². The van der Waals surface area contributed by atoms with Crippen LogP contribution < -0.4 is 5.32 Å². The summed E-state index contributed by atoms with van der Waals surface area (Å²) in [5.41, 5.74) is 3.95. The van der Waals surface area contributed by atoms with E-state index in [-0.39, 0.29) is 0 Å². The molecule has 1 N–H and O–H groups in total. The minimum absolute atomic E-state index is 0.320. The molecule has 0 aliphatic rings. The van der Waals surface area contributed by atoms with Gasteiger partial charge < -0.3 is 5.32 Å². The van der Waals surface area contributed by atoms with Gasteiger partial charge in [-0.2, -0.15) is 0 Å². The molecule has 1 heteroatoms. The fraction of sp³-hybridized carbons (Fsp3) is 0.182. The van der Waals surface area contributed by atoms with Gasteiger partial charge in [-0.15, -0.1) is 0 Å². The van der Waals surface area contributed by atoms with Crippen molar-refractivity contribution in [3.8, 4) is 0 Å². The van der Waals surface area contributed by atoms with Crippen molar-refractivity contribution in [2.45, 2.75) is 19.9 Å². The Hall–Kier alpha value is -2.38. The van der Waals surface area contributed by atoms with Crippen LogP contribution in [0.2, 0.25) is 0 Å². The van der Waals surface area contributed by atoms with Gasteiger partial charge in [0, 0.05) is 12.6 Å². The molecule has 0 aromatic heterocycles. The minimum Gasteiger partial charge on any atom is -0.306 e. The second-order valence-electron chi connectivity index (χ2n) is 6.07. The molecule has 116 valence electrons. The summed E-state index contributed by atoms with van der Waals surface area (Å²) >= 11 is 0. The topological polar surface area (TPSA) is 12.0 Å². The molecule has 0 saturated heterocycles. The molecule has 0 fully saturated rings. The smallest absolute Gasteiger partial charge is 0.0300 e. The van der Waals surface area contributed by atoms with E-state index in [0.717, 1.165) is 6.54 Å². The molecule has 0 saturated carbocycles. The molecule has 3 rings (SSSR count). The van der Waals surface area contributed by atoms with Gasteiger partial charge in [0.05, 0.1) is 0 Å². The van der Waals surface area contributed by atoms with Crippen LogP contribution in [0, 0.1) is 0 Å². The second kappa shape index (κ2) is 7.26. The molecule has 1 atom stereocenters. The second-order valence-corrected chi connectivity index (χ2v) is 6.07. The highest BCUT2D eigenvalue weighted by Crippen LogP contribution is 2.24. The Balaban J connectivity index is 1.71. The van der Waals surface area contributed by atoms with Crippen molar-refractivity contribution in [3.05, 3.63) is 89.5 Å². The first-order chi connectivity index (χ1) is 11.2. The fourth-order valence-electron chi connectivity index (χ4n) is 2.94. The summed E-state index contributed by atoms with van der Waals surface area (Å²) < 4.78 is 0. The molecule has 0 aliphatic carbocycles. The van der Waals surface area contributed by atoms with Crippen molar-refractivity contribution in [1.29, 1.82) is 0 Å². The highest BCUT2D eigenvalue weighted by molar-refractivity contribution is 5.86. The fourth-order valence-corrected chi connectivity index (χ4v) is 2.94. The van der Waals surface area contributed by atoms with Crippen LogP contribution in [0.1, 0.15) is 31.0 Å². The average Bonchev–Trinajstić information content (AvgIpc) is 2.60. The molecule has 0 radical (unpaired) electrons. The first-order valence-electron chi connectivity index (χ1n) is 8.17. The molecule has 0 aliphatic heterocycles. The van der Waals surface area contributed by atoms with E-state index in [4.69, 9.17) is 0 Å². The van der Waals surface area contributed by atoms with Gasteiger partial charge in [-0.1, -0.05) is 84.4 Å². The van der Waals surface area contributed by atoms with E-state index in [1.165, 1.54) is 27.5 Å². The van der Waals surface area contributed by atoms with Crippen LogP contribution in [0.4, 0.5) is 0 Å². The van der Waals surface area contributed by atoms with Crippen molar-refractivity contribution >= 4 is 16.8 Å². The Bertz CT molecular complexity index is 797. The number of hydrogen-bond acceptors (Lipinski definition) is 1. The quantitative estimate of drug-likeness (QED) is 0.647. The predicted molar refractivity (Wildman–Crippen MR) is 100 cm³/mol. The van der Waals surface area contributed by atoms with Crippen LogP contribution >= 0.6 is 0 Å². The maximum absolute atomic E-state index is 3.64. The zero-order valence-electron chi connectivity index (χ0n) is 13.8. The number of hydrogen-bond donors (Lipinski definition) is 1. The van der Waals surface area contributed by atoms with Crippen molar-refractivity contribution in [1.82, 2.24) is 5.32 Å². The van der Waals surface area contributed by atoms with Gasteiger partial charge in [0.15, 0.2) is 0 Å². The van der Waals surface area contributed by atoms with Gasteiger partial charge in [-0.25, -0.2) is 0 Å². The molecule has 1 nitrogen and oxygen atoms in total. The highest BCUT2D eigenvalue weighted by atomic mass is 14.9. The minimum atomic E-state index is 0.320. The Labute approximate surface area is 138 Å². The van der Waals surface area contributed by atoms with Crippen LogP contribution in [-0.4, -0.2) is 6.54 Å². The third kappa shape index (κ3) is 3.88. The van der Waals surface area contributed by atoms with Crippen molar-refractivity contribution < 1.29 is 0 Å². The molecule has 0 bridgehead atoms. The van der Waals surface area contributed by atoms with E-state index in [2.05, 4.69) is 92.0 Å². The highest BCUT2D eigenvalue weighted by Gasteiger charge is 2.08. The lowest BCUT2D eigenvalue weighted by Crippen LogP contribution is -2.20. The van der Waals surface area contributed by atoms with Crippen LogP contribution in [0.3, 0.4) is 0 Å². The molecule has 0 spiro atoms. The number of benzene rings is 3. The lowest BCUT2D eigenvalue weighted by Gasteiger charge is -2.17. The molecule has 3 aromatic rings. The van der Waals surface area contributed by atoms with Crippen LogP contribution in [0.5, 0.6) is 0 Å². The van der Waals surface area contributed by atoms with Gasteiger partial charge >= 0.3 is 0 Å². The zero-order chi connectivity index (χ0) is 16.1. The predicted octanol–water partition coefficient (Wildman–Crippen LogP) is 5.59. The summed E-state index contributed by atoms with van der Waals surface area (Å²) in [5.74, 6) is 0. The van der Waals surface area contributed by atoms with Crippen molar-refractivity contribution in [2.75, 3.05) is 6.54 Å². The number of fused-ring (bicyclic) bond motifs is 1. The summed E-state index contributed by atoms with van der Waals surface area (Å²) in [5, 5.41) is 6.28. The lowest BCUT2D eigenvalue weighted by atomic mass is 9.99. The standard InChI is InChI=1S/C22H23N/c1-17(15-19-9-4-3-5-10-19)16-23-18(2)21-14-8-12-20-11-6-7-13-22(20)21/h3-15,18,23H,16H2,1-2H3/b17-15+/t18-/m1/s1. The Kier molecular flexibility index (Phi) is 4.89. The van der Waals surface area contributed by atoms with Crippen LogP contribution in [0.15, 0.2) is 78.4 Å². The van der Waals surface area contributed by atoms with Gasteiger partial charge in [0.25, 0.3) is 0 Å². The van der Waals surface area contributed by atoms with Gasteiger partial charge in [0.1, 0.15) is 0 Å². The summed E-state index contributed by atoms with van der Waals surface area (Å²) in [6, 6.07) is 25.9.